The summed E-state index contributed by atoms with van der Waals surface area (Å²) in [5, 5.41) is 12.2. The summed E-state index contributed by atoms with van der Waals surface area (Å²) >= 11 is 0. The van der Waals surface area contributed by atoms with Crippen LogP contribution in [0.15, 0.2) is 0 Å². The first kappa shape index (κ1) is 13.4. The van der Waals surface area contributed by atoms with Crippen molar-refractivity contribution in [1.82, 2.24) is 5.32 Å². The van der Waals surface area contributed by atoms with E-state index in [1.165, 1.54) is 0 Å². The van der Waals surface area contributed by atoms with Crippen LogP contribution in [0.3, 0.4) is 0 Å². The van der Waals surface area contributed by atoms with Crippen LogP contribution in [-0.4, -0.2) is 43.4 Å². The second-order valence-corrected chi connectivity index (χ2v) is 4.46. The minimum absolute atomic E-state index is 0.0644. The molecule has 0 radical (unpaired) electrons. The minimum atomic E-state index is -0.504. The zero-order chi connectivity index (χ0) is 12.0. The van der Waals surface area contributed by atoms with Crippen molar-refractivity contribution in [3.63, 3.8) is 0 Å². The molecule has 3 unspecified atom stereocenters. The first-order chi connectivity index (χ1) is 7.63. The Hall–Kier alpha value is -0.650. The van der Waals surface area contributed by atoms with Crippen molar-refractivity contribution in [3.8, 4) is 0 Å². The van der Waals surface area contributed by atoms with Gasteiger partial charge in [0.1, 0.15) is 0 Å². The van der Waals surface area contributed by atoms with Gasteiger partial charge in [-0.2, -0.15) is 0 Å². The number of rotatable bonds is 6. The zero-order valence-electron chi connectivity index (χ0n) is 9.82. The molecule has 0 spiro atoms. The van der Waals surface area contributed by atoms with E-state index in [2.05, 4.69) is 5.32 Å². The topological polar surface area (TPSA) is 84.6 Å². The molecule has 0 saturated heterocycles. The Kier molecular flexibility index (Phi) is 5.73. The summed E-state index contributed by atoms with van der Waals surface area (Å²) in [5.41, 5.74) is 5.74. The number of aliphatic hydroxyl groups excluding tert-OH is 1. The van der Waals surface area contributed by atoms with Gasteiger partial charge in [0.25, 0.3) is 0 Å². The van der Waals surface area contributed by atoms with Gasteiger partial charge in [-0.25, -0.2) is 0 Å². The van der Waals surface area contributed by atoms with Crippen molar-refractivity contribution in [2.24, 2.45) is 11.7 Å². The van der Waals surface area contributed by atoms with Crippen molar-refractivity contribution in [2.75, 3.05) is 20.3 Å². The lowest BCUT2D eigenvalue weighted by molar-refractivity contribution is -0.124. The lowest BCUT2D eigenvalue weighted by Gasteiger charge is -2.13. The van der Waals surface area contributed by atoms with E-state index in [0.717, 1.165) is 19.3 Å². The van der Waals surface area contributed by atoms with Crippen molar-refractivity contribution < 1.29 is 14.6 Å². The lowest BCUT2D eigenvalue weighted by atomic mass is 10.1. The van der Waals surface area contributed by atoms with E-state index >= 15 is 0 Å². The molecule has 94 valence electrons. The molecule has 0 bridgehead atoms. The number of amides is 1. The Bertz CT molecular complexity index is 223. The summed E-state index contributed by atoms with van der Waals surface area (Å²) in [6.07, 6.45) is 2.62. The molecule has 0 aliphatic heterocycles. The smallest absolute Gasteiger partial charge is 0.223 e. The minimum Gasteiger partial charge on any atom is -0.391 e. The molecule has 4 N–H and O–H groups in total. The summed E-state index contributed by atoms with van der Waals surface area (Å²) < 4.78 is 4.80. The predicted molar refractivity (Wildman–Crippen MR) is 60.8 cm³/mol. The Morgan fingerprint density at radius 3 is 2.94 bits per heavy atom. The average molecular weight is 230 g/mol. The third kappa shape index (κ3) is 4.47. The highest BCUT2D eigenvalue weighted by Gasteiger charge is 2.27. The fourth-order valence-electron chi connectivity index (χ4n) is 2.04. The van der Waals surface area contributed by atoms with E-state index in [-0.39, 0.29) is 17.9 Å². The monoisotopic (exact) mass is 230 g/mol. The number of hydrogen-bond acceptors (Lipinski definition) is 4. The van der Waals surface area contributed by atoms with Gasteiger partial charge in [0.05, 0.1) is 12.7 Å². The maximum atomic E-state index is 11.7. The van der Waals surface area contributed by atoms with Crippen molar-refractivity contribution in [2.45, 2.75) is 37.8 Å². The molecule has 3 atom stereocenters. The van der Waals surface area contributed by atoms with Crippen LogP contribution in [0.4, 0.5) is 0 Å². The fraction of sp³-hybridized carbons (Fsp3) is 0.909. The SMILES string of the molecule is COCC(O)CCNC(=O)C1CCC(N)C1. The molecule has 1 saturated carbocycles. The first-order valence-electron chi connectivity index (χ1n) is 5.83. The van der Waals surface area contributed by atoms with Crippen molar-refractivity contribution in [1.29, 1.82) is 0 Å². The predicted octanol–water partition coefficient (Wildman–Crippen LogP) is -0.373. The van der Waals surface area contributed by atoms with Crippen LogP contribution >= 0.6 is 0 Å². The van der Waals surface area contributed by atoms with Gasteiger partial charge in [0, 0.05) is 25.6 Å². The van der Waals surface area contributed by atoms with Crippen LogP contribution in [0.5, 0.6) is 0 Å². The molecule has 1 amide bonds. The van der Waals surface area contributed by atoms with Gasteiger partial charge in [-0.1, -0.05) is 0 Å². The second kappa shape index (κ2) is 6.83. The number of carbonyl (C=O) groups is 1. The van der Waals surface area contributed by atoms with Gasteiger partial charge in [-0.3, -0.25) is 4.79 Å². The highest BCUT2D eigenvalue weighted by atomic mass is 16.5. The molecule has 16 heavy (non-hydrogen) atoms. The normalized spacial score (nSPS) is 26.7. The highest BCUT2D eigenvalue weighted by molar-refractivity contribution is 5.78. The van der Waals surface area contributed by atoms with Crippen LogP contribution < -0.4 is 11.1 Å². The molecule has 1 aliphatic rings. The molecule has 1 fully saturated rings. The first-order valence-corrected chi connectivity index (χ1v) is 5.83. The number of nitrogens with two attached hydrogens (primary N) is 1. The second-order valence-electron chi connectivity index (χ2n) is 4.46. The van der Waals surface area contributed by atoms with Crippen LogP contribution in [-0.2, 0) is 9.53 Å². The fourth-order valence-corrected chi connectivity index (χ4v) is 2.04. The molecular formula is C11H22N2O3. The van der Waals surface area contributed by atoms with Crippen LogP contribution in [0.25, 0.3) is 0 Å². The number of aliphatic hydroxyl groups is 1. The number of methoxy groups -OCH3 is 1. The van der Waals surface area contributed by atoms with Crippen LogP contribution in [0.2, 0.25) is 0 Å². The molecule has 0 aromatic heterocycles. The summed E-state index contributed by atoms with van der Waals surface area (Å²) in [5.74, 6) is 0.132. The number of ether oxygens (including phenoxy) is 1. The summed E-state index contributed by atoms with van der Waals surface area (Å²) in [4.78, 5) is 11.7. The molecule has 0 aromatic carbocycles. The van der Waals surface area contributed by atoms with Gasteiger partial charge in [-0.15, -0.1) is 0 Å². The number of hydrogen-bond donors (Lipinski definition) is 3. The van der Waals surface area contributed by atoms with Gasteiger partial charge in [-0.05, 0) is 25.7 Å². The van der Waals surface area contributed by atoms with E-state index in [4.69, 9.17) is 10.5 Å². The third-order valence-electron chi connectivity index (χ3n) is 2.98. The average Bonchev–Trinajstić information content (AvgIpc) is 2.65. The van der Waals surface area contributed by atoms with Crippen molar-refractivity contribution in [3.05, 3.63) is 0 Å². The van der Waals surface area contributed by atoms with Crippen LogP contribution in [0.1, 0.15) is 25.7 Å². The Balaban J connectivity index is 2.11. The van der Waals surface area contributed by atoms with Gasteiger partial charge >= 0.3 is 0 Å². The van der Waals surface area contributed by atoms with E-state index < -0.39 is 6.10 Å². The Morgan fingerprint density at radius 1 is 1.62 bits per heavy atom. The standard InChI is InChI=1S/C11H22N2O3/c1-16-7-10(14)4-5-13-11(15)8-2-3-9(12)6-8/h8-10,14H,2-7,12H2,1H3,(H,13,15). The van der Waals surface area contributed by atoms with Gasteiger partial charge in [0.2, 0.25) is 5.91 Å². The van der Waals surface area contributed by atoms with Gasteiger partial charge in [0.15, 0.2) is 0 Å². The molecule has 0 heterocycles. The van der Waals surface area contributed by atoms with E-state index in [1.54, 1.807) is 7.11 Å². The van der Waals surface area contributed by atoms with Crippen molar-refractivity contribution >= 4 is 5.91 Å². The Labute approximate surface area is 96.3 Å². The van der Waals surface area contributed by atoms with E-state index in [9.17, 15) is 9.90 Å². The Morgan fingerprint density at radius 2 is 2.38 bits per heavy atom. The lowest BCUT2D eigenvalue weighted by Crippen LogP contribution is -2.33. The maximum absolute atomic E-state index is 11.7. The molecular weight excluding hydrogens is 208 g/mol. The van der Waals surface area contributed by atoms with Crippen LogP contribution in [0, 0.1) is 5.92 Å². The third-order valence-corrected chi connectivity index (χ3v) is 2.98. The van der Waals surface area contributed by atoms with E-state index in [1.807, 2.05) is 0 Å². The van der Waals surface area contributed by atoms with E-state index in [0.29, 0.717) is 19.6 Å². The maximum Gasteiger partial charge on any atom is 0.223 e. The quantitative estimate of drug-likeness (QED) is 0.581. The number of carbonyl (C=O) groups excluding carboxylic acids is 1. The summed E-state index contributed by atoms with van der Waals surface area (Å²) in [6, 6.07) is 0.176. The zero-order valence-corrected chi connectivity index (χ0v) is 9.82. The molecule has 0 aromatic rings. The molecule has 5 heteroatoms. The molecule has 5 nitrogen and oxygen atoms in total. The molecule has 1 aliphatic carbocycles. The van der Waals surface area contributed by atoms with Gasteiger partial charge < -0.3 is 20.9 Å². The number of nitrogens with one attached hydrogen (secondary N) is 1. The summed E-state index contributed by atoms with van der Waals surface area (Å²) in [6.45, 7) is 0.805. The highest BCUT2D eigenvalue weighted by Crippen LogP contribution is 2.23. The largest absolute Gasteiger partial charge is 0.391 e. The molecule has 1 rings (SSSR count). The summed E-state index contributed by atoms with van der Waals surface area (Å²) in [7, 11) is 1.54.